The van der Waals surface area contributed by atoms with Crippen molar-refractivity contribution < 1.29 is 14.2 Å². The molecule has 1 saturated heterocycles. The average Bonchev–Trinajstić information content (AvgIpc) is 2.43. The Labute approximate surface area is 96.8 Å². The predicted octanol–water partition coefficient (Wildman–Crippen LogP) is 2.47. The van der Waals surface area contributed by atoms with E-state index in [0.29, 0.717) is 13.0 Å². The quantitative estimate of drug-likeness (QED) is 0.418. The number of esters is 1. The number of rotatable bonds is 4. The molecule has 1 fully saturated rings. The van der Waals surface area contributed by atoms with Crippen molar-refractivity contribution in [1.29, 1.82) is 0 Å². The summed E-state index contributed by atoms with van der Waals surface area (Å²) in [7, 11) is 0. The lowest BCUT2D eigenvalue weighted by atomic mass is 9.96. The first-order valence-corrected chi connectivity index (χ1v) is 5.60. The molecular weight excluding hydrogens is 204 g/mol. The third-order valence-electron chi connectivity index (χ3n) is 3.41. The lowest BCUT2D eigenvalue weighted by molar-refractivity contribution is -0.662. The smallest absolute Gasteiger partial charge is 0.330 e. The maximum atomic E-state index is 10.9. The van der Waals surface area contributed by atoms with Gasteiger partial charge in [0.1, 0.15) is 5.54 Å². The zero-order chi connectivity index (χ0) is 12.4. The molecule has 16 heavy (non-hydrogen) atoms. The Bertz CT molecular complexity index is 323. The largest absolute Gasteiger partial charge is 0.506 e. The van der Waals surface area contributed by atoms with Gasteiger partial charge in [-0.3, -0.25) is 0 Å². The molecule has 1 unspecified atom stereocenters. The van der Waals surface area contributed by atoms with Crippen LogP contribution in [0.5, 0.6) is 0 Å². The van der Waals surface area contributed by atoms with E-state index in [-0.39, 0.29) is 11.1 Å². The van der Waals surface area contributed by atoms with Crippen molar-refractivity contribution in [2.24, 2.45) is 0 Å². The highest BCUT2D eigenvalue weighted by Crippen LogP contribution is 2.38. The summed E-state index contributed by atoms with van der Waals surface area (Å²) in [6.07, 6.45) is 3.63. The second-order valence-electron chi connectivity index (χ2n) is 5.24. The Hall–Kier alpha value is -1.19. The molecule has 0 spiro atoms. The summed E-state index contributed by atoms with van der Waals surface area (Å²) >= 11 is 0. The molecule has 0 bridgehead atoms. The second kappa shape index (κ2) is 4.36. The van der Waals surface area contributed by atoms with E-state index < -0.39 is 5.97 Å². The molecule has 0 aromatic heterocycles. The Balaban J connectivity index is 2.51. The zero-order valence-electron chi connectivity index (χ0n) is 10.3. The van der Waals surface area contributed by atoms with Crippen molar-refractivity contribution in [2.75, 3.05) is 6.61 Å². The highest BCUT2D eigenvalue weighted by atomic mass is 16.5. The van der Waals surface area contributed by atoms with Crippen LogP contribution < -0.4 is 0 Å². The standard InChI is InChI=1S/C12H20N2O2/c1-5-10(15)16-9-8-12(4)7-6-11(2,3)14(12)13/h5H,1,6-9H2,2-4H3. The molecule has 0 aromatic rings. The molecule has 0 N–H and O–H groups in total. The number of carbonyl (C=O) groups excluding carboxylic acids is 1. The SMILES string of the molecule is C=CC(=O)OCCC1(C)CCC(C)(C)[N+]1=[N-]. The molecule has 1 heterocycles. The van der Waals surface area contributed by atoms with E-state index in [2.05, 4.69) is 6.58 Å². The van der Waals surface area contributed by atoms with Gasteiger partial charge in [0.25, 0.3) is 0 Å². The number of nitrogens with zero attached hydrogens (tertiary/aromatic N) is 2. The first-order chi connectivity index (χ1) is 7.32. The van der Waals surface area contributed by atoms with Crippen LogP contribution in [0.3, 0.4) is 0 Å². The van der Waals surface area contributed by atoms with Gasteiger partial charge in [-0.15, -0.1) is 0 Å². The van der Waals surface area contributed by atoms with Gasteiger partial charge >= 0.3 is 5.97 Å². The molecule has 4 nitrogen and oxygen atoms in total. The Morgan fingerprint density at radius 3 is 2.56 bits per heavy atom. The molecule has 1 rings (SSSR count). The van der Waals surface area contributed by atoms with E-state index in [1.165, 1.54) is 4.70 Å². The van der Waals surface area contributed by atoms with E-state index in [9.17, 15) is 10.3 Å². The number of hydrogen-bond acceptors (Lipinski definition) is 2. The minimum Gasteiger partial charge on any atom is -0.506 e. The van der Waals surface area contributed by atoms with E-state index in [1.54, 1.807) is 0 Å². The first kappa shape index (κ1) is 12.9. The second-order valence-corrected chi connectivity index (χ2v) is 5.24. The van der Waals surface area contributed by atoms with Gasteiger partial charge in [-0.25, -0.2) is 4.79 Å². The highest BCUT2D eigenvalue weighted by molar-refractivity contribution is 5.81. The van der Waals surface area contributed by atoms with Crippen LogP contribution in [0, 0.1) is 0 Å². The van der Waals surface area contributed by atoms with Crippen LogP contribution in [0.25, 0.3) is 5.53 Å². The van der Waals surface area contributed by atoms with Gasteiger partial charge in [-0.2, -0.15) is 0 Å². The van der Waals surface area contributed by atoms with E-state index >= 15 is 0 Å². The summed E-state index contributed by atoms with van der Waals surface area (Å²) in [4.78, 5) is 10.9. The average molecular weight is 224 g/mol. The van der Waals surface area contributed by atoms with Crippen LogP contribution in [-0.4, -0.2) is 28.4 Å². The molecule has 90 valence electrons. The normalized spacial score (nSPS) is 27.8. The Kier molecular flexibility index (Phi) is 3.51. The molecule has 0 aliphatic carbocycles. The summed E-state index contributed by atoms with van der Waals surface area (Å²) in [5.41, 5.74) is 9.57. The van der Waals surface area contributed by atoms with Gasteiger partial charge in [0.05, 0.1) is 6.61 Å². The van der Waals surface area contributed by atoms with Crippen molar-refractivity contribution in [3.63, 3.8) is 0 Å². The van der Waals surface area contributed by atoms with Crippen molar-refractivity contribution in [3.05, 3.63) is 18.2 Å². The fourth-order valence-electron chi connectivity index (χ4n) is 2.18. The van der Waals surface area contributed by atoms with Gasteiger partial charge in [0, 0.05) is 25.3 Å². The van der Waals surface area contributed by atoms with E-state index in [0.717, 1.165) is 18.9 Å². The molecule has 1 aliphatic rings. The minimum atomic E-state index is -0.412. The van der Waals surface area contributed by atoms with Crippen LogP contribution in [0.2, 0.25) is 0 Å². The van der Waals surface area contributed by atoms with Crippen LogP contribution in [0.4, 0.5) is 0 Å². The summed E-state index contributed by atoms with van der Waals surface area (Å²) in [6, 6.07) is 0. The van der Waals surface area contributed by atoms with Gasteiger partial charge < -0.3 is 15.0 Å². The zero-order valence-corrected chi connectivity index (χ0v) is 10.3. The maximum Gasteiger partial charge on any atom is 0.330 e. The highest BCUT2D eigenvalue weighted by Gasteiger charge is 2.48. The third kappa shape index (κ3) is 2.49. The Morgan fingerprint density at radius 2 is 2.12 bits per heavy atom. The number of carbonyl (C=O) groups is 1. The fourth-order valence-corrected chi connectivity index (χ4v) is 2.18. The van der Waals surface area contributed by atoms with Gasteiger partial charge in [0.15, 0.2) is 5.54 Å². The number of hydrogen-bond donors (Lipinski definition) is 0. The molecule has 0 saturated carbocycles. The summed E-state index contributed by atoms with van der Waals surface area (Å²) in [6.45, 7) is 9.65. The van der Waals surface area contributed by atoms with Crippen LogP contribution in [0.1, 0.15) is 40.0 Å². The molecule has 4 heteroatoms. The van der Waals surface area contributed by atoms with Crippen molar-refractivity contribution in [3.8, 4) is 0 Å². The van der Waals surface area contributed by atoms with Crippen LogP contribution >= 0.6 is 0 Å². The topological polar surface area (TPSA) is 51.6 Å². The molecule has 0 amide bonds. The molecule has 0 aromatic carbocycles. The maximum absolute atomic E-state index is 10.9. The minimum absolute atomic E-state index is 0.197. The summed E-state index contributed by atoms with van der Waals surface area (Å²) in [5, 5.41) is 0. The van der Waals surface area contributed by atoms with Gasteiger partial charge in [-0.05, 0) is 20.8 Å². The van der Waals surface area contributed by atoms with Crippen molar-refractivity contribution >= 4 is 5.97 Å². The predicted molar refractivity (Wildman–Crippen MR) is 61.1 cm³/mol. The lowest BCUT2D eigenvalue weighted by Crippen LogP contribution is -2.40. The van der Waals surface area contributed by atoms with E-state index in [1.807, 2.05) is 20.8 Å². The van der Waals surface area contributed by atoms with Crippen molar-refractivity contribution in [2.45, 2.75) is 51.1 Å². The molecule has 1 aliphatic heterocycles. The first-order valence-electron chi connectivity index (χ1n) is 5.60. The van der Waals surface area contributed by atoms with Gasteiger partial charge in [0.2, 0.25) is 0 Å². The number of ether oxygens (including phenoxy) is 1. The lowest BCUT2D eigenvalue weighted by Gasteiger charge is -2.29. The molecule has 0 radical (unpaired) electrons. The van der Waals surface area contributed by atoms with Crippen LogP contribution in [-0.2, 0) is 9.53 Å². The van der Waals surface area contributed by atoms with E-state index in [4.69, 9.17) is 4.74 Å². The third-order valence-corrected chi connectivity index (χ3v) is 3.41. The monoisotopic (exact) mass is 224 g/mol. The van der Waals surface area contributed by atoms with Gasteiger partial charge in [-0.1, -0.05) is 6.58 Å². The summed E-state index contributed by atoms with van der Waals surface area (Å²) < 4.78 is 6.34. The van der Waals surface area contributed by atoms with Crippen LogP contribution in [0.15, 0.2) is 12.7 Å². The molecular formula is C12H20N2O2. The molecule has 1 atom stereocenters. The Morgan fingerprint density at radius 1 is 1.50 bits per heavy atom. The fraction of sp³-hybridized carbons (Fsp3) is 0.750. The van der Waals surface area contributed by atoms with Crippen molar-refractivity contribution in [1.82, 2.24) is 0 Å². The summed E-state index contributed by atoms with van der Waals surface area (Å²) in [5.74, 6) is -0.412.